The first-order chi connectivity index (χ1) is 31.2. The van der Waals surface area contributed by atoms with Gasteiger partial charge in [0.25, 0.3) is 0 Å². The van der Waals surface area contributed by atoms with Gasteiger partial charge in [-0.25, -0.2) is 15.0 Å². The van der Waals surface area contributed by atoms with Crippen LogP contribution in [0.5, 0.6) is 0 Å². The molecule has 0 spiro atoms. The minimum atomic E-state index is 0.586. The number of fused-ring (bicyclic) bond motifs is 9. The molecule has 63 heavy (non-hydrogen) atoms. The Bertz CT molecular complexity index is 3850. The van der Waals surface area contributed by atoms with Crippen molar-refractivity contribution in [3.63, 3.8) is 0 Å². The lowest BCUT2D eigenvalue weighted by Gasteiger charge is -2.09. The Hall–Kier alpha value is -8.61. The van der Waals surface area contributed by atoms with E-state index in [0.29, 0.717) is 17.5 Å². The van der Waals surface area contributed by atoms with Crippen LogP contribution in [0.4, 0.5) is 0 Å². The Balaban J connectivity index is 0.959. The largest absolute Gasteiger partial charge is 0.456 e. The Morgan fingerprint density at radius 2 is 0.794 bits per heavy atom. The smallest absolute Gasteiger partial charge is 0.164 e. The number of hydrogen-bond donors (Lipinski definition) is 0. The SMILES string of the molecule is c1ccc(-c2nc(-c3ccccc3)nc(-c3cccc4oc5ccc(-c6ccc7oc8cccc(-c9ccc%10c(c9)c9ccccc9n%10-c9ccccc9)c8c7c6)cc5c34)n2)cc1. The van der Waals surface area contributed by atoms with Gasteiger partial charge in [0.1, 0.15) is 22.3 Å². The van der Waals surface area contributed by atoms with Crippen molar-refractivity contribution in [3.05, 3.63) is 206 Å². The Kier molecular flexibility index (Phi) is 7.80. The Morgan fingerprint density at radius 3 is 1.43 bits per heavy atom. The van der Waals surface area contributed by atoms with Gasteiger partial charge in [0.05, 0.1) is 11.0 Å². The molecule has 294 valence electrons. The molecule has 4 aromatic heterocycles. The van der Waals surface area contributed by atoms with Gasteiger partial charge in [-0.3, -0.25) is 0 Å². The summed E-state index contributed by atoms with van der Waals surface area (Å²) in [7, 11) is 0. The molecule has 0 radical (unpaired) electrons. The predicted molar refractivity (Wildman–Crippen MR) is 256 cm³/mol. The van der Waals surface area contributed by atoms with Crippen LogP contribution in [0.1, 0.15) is 0 Å². The maximum absolute atomic E-state index is 6.55. The summed E-state index contributed by atoms with van der Waals surface area (Å²) in [6.07, 6.45) is 0. The fourth-order valence-corrected chi connectivity index (χ4v) is 9.36. The third-order valence-electron chi connectivity index (χ3n) is 12.3. The summed E-state index contributed by atoms with van der Waals surface area (Å²) in [5, 5.41) is 6.54. The van der Waals surface area contributed by atoms with Gasteiger partial charge in [-0.15, -0.1) is 0 Å². The molecular weight excluding hydrogens is 773 g/mol. The van der Waals surface area contributed by atoms with Crippen molar-refractivity contribution in [3.8, 4) is 62.1 Å². The minimum Gasteiger partial charge on any atom is -0.456 e. The van der Waals surface area contributed by atoms with Crippen molar-refractivity contribution in [2.75, 3.05) is 0 Å². The summed E-state index contributed by atoms with van der Waals surface area (Å²) < 4.78 is 15.4. The number of furan rings is 2. The van der Waals surface area contributed by atoms with Gasteiger partial charge in [-0.2, -0.15) is 0 Å². The fraction of sp³-hybridized carbons (Fsp3) is 0. The van der Waals surface area contributed by atoms with Crippen LogP contribution in [-0.4, -0.2) is 19.5 Å². The number of hydrogen-bond acceptors (Lipinski definition) is 5. The highest BCUT2D eigenvalue weighted by molar-refractivity contribution is 6.17. The van der Waals surface area contributed by atoms with Crippen LogP contribution < -0.4 is 0 Å². The van der Waals surface area contributed by atoms with Crippen LogP contribution >= 0.6 is 0 Å². The van der Waals surface area contributed by atoms with Crippen LogP contribution in [0.15, 0.2) is 215 Å². The first-order valence-electron chi connectivity index (χ1n) is 21.1. The lowest BCUT2D eigenvalue weighted by atomic mass is 9.96. The van der Waals surface area contributed by atoms with Crippen LogP contribution in [0, 0.1) is 0 Å². The molecule has 9 aromatic carbocycles. The highest BCUT2D eigenvalue weighted by Crippen LogP contribution is 2.43. The maximum Gasteiger partial charge on any atom is 0.164 e. The number of rotatable bonds is 6. The van der Waals surface area contributed by atoms with E-state index in [9.17, 15) is 0 Å². The first kappa shape index (κ1) is 35.2. The standard InChI is InChI=1S/C57H34N4O2/c1-4-14-35(15-5-1)55-58-56(36-16-6-2-7-17-36)60-57(59-55)43-22-13-25-52-54(43)46-33-38(28-31-50(46)63-52)37-27-30-49-45(32-37)53-41(21-12-24-51(53)62-49)39-26-29-48-44(34-39)42-20-10-11-23-47(42)61(48)40-18-8-3-9-19-40/h1-34H. The van der Waals surface area contributed by atoms with Gasteiger partial charge in [-0.1, -0.05) is 140 Å². The van der Waals surface area contributed by atoms with E-state index in [-0.39, 0.29) is 0 Å². The van der Waals surface area contributed by atoms with Crippen molar-refractivity contribution >= 4 is 65.7 Å². The summed E-state index contributed by atoms with van der Waals surface area (Å²) in [4.78, 5) is 15.1. The van der Waals surface area contributed by atoms with Crippen LogP contribution in [0.25, 0.3) is 128 Å². The van der Waals surface area contributed by atoms with E-state index < -0.39 is 0 Å². The number of nitrogens with zero attached hydrogens (tertiary/aromatic N) is 4. The average Bonchev–Trinajstić information content (AvgIpc) is 4.03. The third kappa shape index (κ3) is 5.69. The van der Waals surface area contributed by atoms with Crippen molar-refractivity contribution in [2.24, 2.45) is 0 Å². The normalized spacial score (nSPS) is 11.8. The van der Waals surface area contributed by atoms with Crippen LogP contribution in [-0.2, 0) is 0 Å². The summed E-state index contributed by atoms with van der Waals surface area (Å²) >= 11 is 0. The maximum atomic E-state index is 6.55. The molecule has 13 rings (SSSR count). The second kappa shape index (κ2) is 14.0. The van der Waals surface area contributed by atoms with Gasteiger partial charge in [0.2, 0.25) is 0 Å². The van der Waals surface area contributed by atoms with Gasteiger partial charge in [0, 0.05) is 54.7 Å². The zero-order valence-corrected chi connectivity index (χ0v) is 33.7. The molecule has 6 heteroatoms. The van der Waals surface area contributed by atoms with E-state index >= 15 is 0 Å². The van der Waals surface area contributed by atoms with Gasteiger partial charge in [0.15, 0.2) is 17.5 Å². The first-order valence-corrected chi connectivity index (χ1v) is 21.1. The van der Waals surface area contributed by atoms with E-state index in [4.69, 9.17) is 23.8 Å². The molecule has 0 bridgehead atoms. The lowest BCUT2D eigenvalue weighted by molar-refractivity contribution is 0.668. The quantitative estimate of drug-likeness (QED) is 0.167. The molecular formula is C57H34N4O2. The molecule has 0 aliphatic rings. The zero-order chi connectivity index (χ0) is 41.4. The third-order valence-corrected chi connectivity index (χ3v) is 12.3. The summed E-state index contributed by atoms with van der Waals surface area (Å²) in [6.45, 7) is 0. The summed E-state index contributed by atoms with van der Waals surface area (Å²) in [5.74, 6) is 1.82. The van der Waals surface area contributed by atoms with E-state index in [1.54, 1.807) is 0 Å². The van der Waals surface area contributed by atoms with Gasteiger partial charge >= 0.3 is 0 Å². The molecule has 0 atom stereocenters. The lowest BCUT2D eigenvalue weighted by Crippen LogP contribution is -2.00. The summed E-state index contributed by atoms with van der Waals surface area (Å²) in [5.41, 5.74) is 13.9. The van der Waals surface area contributed by atoms with Crippen molar-refractivity contribution in [1.29, 1.82) is 0 Å². The van der Waals surface area contributed by atoms with Gasteiger partial charge in [-0.05, 0) is 89.0 Å². The number of para-hydroxylation sites is 2. The molecule has 0 N–H and O–H groups in total. The van der Waals surface area contributed by atoms with Crippen molar-refractivity contribution < 1.29 is 8.83 Å². The molecule has 0 amide bonds. The molecule has 0 saturated heterocycles. The summed E-state index contributed by atoms with van der Waals surface area (Å²) in [6, 6.07) is 71.6. The van der Waals surface area contributed by atoms with E-state index in [0.717, 1.165) is 88.5 Å². The highest BCUT2D eigenvalue weighted by Gasteiger charge is 2.20. The van der Waals surface area contributed by atoms with Gasteiger partial charge < -0.3 is 13.4 Å². The van der Waals surface area contributed by atoms with Crippen molar-refractivity contribution in [1.82, 2.24) is 19.5 Å². The predicted octanol–water partition coefficient (Wildman–Crippen LogP) is 15.1. The van der Waals surface area contributed by atoms with E-state index in [1.165, 1.54) is 21.8 Å². The molecule has 0 aliphatic carbocycles. The second-order valence-electron chi connectivity index (χ2n) is 15.9. The average molecular weight is 807 g/mol. The fourth-order valence-electron chi connectivity index (χ4n) is 9.36. The molecule has 0 unspecified atom stereocenters. The zero-order valence-electron chi connectivity index (χ0n) is 33.7. The van der Waals surface area contributed by atoms with E-state index in [2.05, 4.69) is 138 Å². The van der Waals surface area contributed by atoms with Crippen LogP contribution in [0.3, 0.4) is 0 Å². The number of benzene rings is 9. The van der Waals surface area contributed by atoms with Crippen molar-refractivity contribution in [2.45, 2.75) is 0 Å². The molecule has 4 heterocycles. The van der Waals surface area contributed by atoms with E-state index in [1.807, 2.05) is 72.8 Å². The Morgan fingerprint density at radius 1 is 0.302 bits per heavy atom. The topological polar surface area (TPSA) is 69.9 Å². The molecule has 13 aromatic rings. The molecule has 6 nitrogen and oxygen atoms in total. The highest BCUT2D eigenvalue weighted by atomic mass is 16.3. The number of aromatic nitrogens is 4. The molecule has 0 aliphatic heterocycles. The van der Waals surface area contributed by atoms with Crippen LogP contribution in [0.2, 0.25) is 0 Å². The minimum absolute atomic E-state index is 0.586. The monoisotopic (exact) mass is 806 g/mol. The molecule has 0 saturated carbocycles. The second-order valence-corrected chi connectivity index (χ2v) is 15.9. The molecule has 0 fully saturated rings. The Labute approximate surface area is 361 Å².